The monoisotopic (exact) mass is 597 g/mol. The molecule has 18 heavy (non-hydrogen) atoms. The third-order valence-electron chi connectivity index (χ3n) is 1.71. The number of carbonyl (C=O) groups is 2. The number of rotatable bonds is 4. The third kappa shape index (κ3) is 4.92. The van der Waals surface area contributed by atoms with Crippen LogP contribution in [0.15, 0.2) is 6.07 Å². The molecule has 0 aliphatic carbocycles. The van der Waals surface area contributed by atoms with Gasteiger partial charge in [0, 0.05) is 3.57 Å². The van der Waals surface area contributed by atoms with Gasteiger partial charge in [0.2, 0.25) is 0 Å². The van der Waals surface area contributed by atoms with Gasteiger partial charge < -0.3 is 15.6 Å². The Kier molecular flexibility index (Phi) is 8.98. The first-order valence-electron chi connectivity index (χ1n) is 4.16. The zero-order valence-electron chi connectivity index (χ0n) is 8.17. The van der Waals surface area contributed by atoms with Crippen molar-refractivity contribution in [3.8, 4) is 5.75 Å². The summed E-state index contributed by atoms with van der Waals surface area (Å²) < 4.78 is 7.14. The number of halogens is 3. The molecule has 0 radical (unpaired) electrons. The summed E-state index contributed by atoms with van der Waals surface area (Å²) in [5, 5.41) is 8.57. The van der Waals surface area contributed by atoms with Gasteiger partial charge in [-0.25, -0.2) is 4.79 Å². The molecule has 94 valence electrons. The van der Waals surface area contributed by atoms with Crippen LogP contribution < -0.4 is 10.5 Å². The van der Waals surface area contributed by atoms with Crippen LogP contribution in [-0.4, -0.2) is 53.1 Å². The van der Waals surface area contributed by atoms with Crippen LogP contribution >= 0.6 is 67.8 Å². The van der Waals surface area contributed by atoms with E-state index in [9.17, 15) is 9.59 Å². The van der Waals surface area contributed by atoms with Crippen LogP contribution in [0, 0.1) is 10.7 Å². The van der Waals surface area contributed by atoms with Crippen molar-refractivity contribution in [3.63, 3.8) is 0 Å². The number of hydrogen-bond acceptors (Lipinski definition) is 3. The molecular weight excluding hydrogens is 590 g/mol. The van der Waals surface area contributed by atoms with Crippen molar-refractivity contribution in [2.75, 3.05) is 6.61 Å². The topological polar surface area (TPSA) is 89.6 Å². The normalized spacial score (nSPS) is 9.50. The van der Waals surface area contributed by atoms with E-state index >= 15 is 0 Å². The summed E-state index contributed by atoms with van der Waals surface area (Å²) in [4.78, 5) is 21.7. The molecule has 0 heterocycles. The Morgan fingerprint density at radius 1 is 1.28 bits per heavy atom. The van der Waals surface area contributed by atoms with E-state index in [1.807, 2.05) is 67.8 Å². The minimum atomic E-state index is -1.07. The Hall–Kier alpha value is 1.15. The maximum atomic E-state index is 11.3. The summed E-state index contributed by atoms with van der Waals surface area (Å²) in [5.41, 5.74) is 5.62. The average molecular weight is 597 g/mol. The number of aliphatic carboxylic acids is 1. The van der Waals surface area contributed by atoms with Gasteiger partial charge >= 0.3 is 35.5 Å². The Bertz CT molecular complexity index is 495. The number of carboxylic acids is 1. The van der Waals surface area contributed by atoms with Crippen LogP contribution in [0.1, 0.15) is 10.4 Å². The van der Waals surface area contributed by atoms with E-state index in [1.54, 1.807) is 6.07 Å². The first kappa shape index (κ1) is 19.1. The van der Waals surface area contributed by atoms with Crippen molar-refractivity contribution < 1.29 is 19.4 Å². The molecule has 0 atom stereocenters. The van der Waals surface area contributed by atoms with Gasteiger partial charge in [0.1, 0.15) is 5.75 Å². The number of primary amides is 1. The summed E-state index contributed by atoms with van der Waals surface area (Å²) in [6.07, 6.45) is 0. The van der Waals surface area contributed by atoms with E-state index in [0.717, 1.165) is 3.57 Å². The summed E-state index contributed by atoms with van der Waals surface area (Å²) in [7, 11) is 0. The molecule has 0 bridgehead atoms. The van der Waals surface area contributed by atoms with E-state index in [1.165, 1.54) is 0 Å². The second kappa shape index (κ2) is 8.44. The number of amides is 1. The molecule has 0 aliphatic heterocycles. The number of carbonyl (C=O) groups excluding carboxylic acids is 1. The summed E-state index contributed by atoms with van der Waals surface area (Å²) in [6.45, 7) is -0.454. The Balaban J connectivity index is 0.00000289. The Labute approximate surface area is 166 Å². The van der Waals surface area contributed by atoms with E-state index in [4.69, 9.17) is 15.6 Å². The number of ether oxygens (including phenoxy) is 1. The fourth-order valence-electron chi connectivity index (χ4n) is 1.06. The minimum absolute atomic E-state index is 0. The van der Waals surface area contributed by atoms with Crippen LogP contribution in [0.3, 0.4) is 0 Å². The molecule has 0 unspecified atom stereocenters. The van der Waals surface area contributed by atoms with Crippen molar-refractivity contribution in [1.82, 2.24) is 0 Å². The second-order valence-electron chi connectivity index (χ2n) is 2.90. The average Bonchev–Trinajstić information content (AvgIpc) is 2.14. The van der Waals surface area contributed by atoms with Crippen LogP contribution in [0.5, 0.6) is 5.75 Å². The first-order valence-corrected chi connectivity index (χ1v) is 7.40. The molecule has 1 rings (SSSR count). The fraction of sp³-hybridized carbons (Fsp3) is 0.111. The van der Waals surface area contributed by atoms with E-state index in [-0.39, 0.29) is 29.6 Å². The molecule has 1 aromatic carbocycles. The number of benzene rings is 1. The molecule has 0 spiro atoms. The van der Waals surface area contributed by atoms with E-state index in [0.29, 0.717) is 18.5 Å². The number of carboxylic acid groups (broad SMARTS) is 1. The zero-order chi connectivity index (χ0) is 13.2. The van der Waals surface area contributed by atoms with Gasteiger partial charge in [0.05, 0.1) is 12.7 Å². The van der Waals surface area contributed by atoms with Gasteiger partial charge in [-0.1, -0.05) is 0 Å². The molecule has 1 aromatic rings. The molecule has 0 fully saturated rings. The predicted molar refractivity (Wildman–Crippen MR) is 93.4 cm³/mol. The van der Waals surface area contributed by atoms with Crippen LogP contribution in [0.4, 0.5) is 0 Å². The van der Waals surface area contributed by atoms with Gasteiger partial charge in [-0.2, -0.15) is 0 Å². The molecule has 1 amide bonds. The molecule has 5 nitrogen and oxygen atoms in total. The molecule has 9 heteroatoms. The molecular formula is C9H7I3NNaO4. The standard InChI is InChI=1S/C9H6I3NO4.Na.H/c10-3-1-4(11)8(17-2-5(14)15)7(12)6(3)9(13)16;;/h1H,2H2,(H2,13,16)(H,14,15);;. The van der Waals surface area contributed by atoms with Crippen molar-refractivity contribution >= 4 is 109 Å². The molecule has 0 saturated carbocycles. The van der Waals surface area contributed by atoms with Crippen molar-refractivity contribution in [2.45, 2.75) is 0 Å². The molecule has 0 saturated heterocycles. The first-order chi connectivity index (χ1) is 7.84. The quantitative estimate of drug-likeness (QED) is 0.407. The maximum absolute atomic E-state index is 11.3. The summed E-state index contributed by atoms with van der Waals surface area (Å²) in [6, 6.07) is 1.72. The molecule has 0 aliphatic rings. The van der Waals surface area contributed by atoms with Crippen LogP contribution in [0.25, 0.3) is 0 Å². The summed E-state index contributed by atoms with van der Waals surface area (Å²) in [5.74, 6) is -1.26. The second-order valence-corrected chi connectivity index (χ2v) is 6.31. The zero-order valence-corrected chi connectivity index (χ0v) is 14.6. The number of hydrogen-bond donors (Lipinski definition) is 2. The van der Waals surface area contributed by atoms with Gasteiger partial charge in [-0.15, -0.1) is 0 Å². The van der Waals surface area contributed by atoms with Gasteiger partial charge in [0.15, 0.2) is 6.61 Å². The van der Waals surface area contributed by atoms with Crippen molar-refractivity contribution in [1.29, 1.82) is 0 Å². The molecule has 0 aromatic heterocycles. The Morgan fingerprint density at radius 2 is 1.83 bits per heavy atom. The molecule has 3 N–H and O–H groups in total. The van der Waals surface area contributed by atoms with Gasteiger partial charge in [0.25, 0.3) is 5.91 Å². The van der Waals surface area contributed by atoms with Gasteiger partial charge in [-0.3, -0.25) is 4.79 Å². The van der Waals surface area contributed by atoms with Crippen LogP contribution in [0.2, 0.25) is 0 Å². The van der Waals surface area contributed by atoms with Crippen molar-refractivity contribution in [2.24, 2.45) is 5.73 Å². The number of nitrogens with two attached hydrogens (primary N) is 1. The van der Waals surface area contributed by atoms with Crippen molar-refractivity contribution in [3.05, 3.63) is 22.3 Å². The van der Waals surface area contributed by atoms with E-state index < -0.39 is 18.5 Å². The fourth-order valence-corrected chi connectivity index (χ4v) is 5.28. The van der Waals surface area contributed by atoms with Crippen LogP contribution in [-0.2, 0) is 4.79 Å². The van der Waals surface area contributed by atoms with Gasteiger partial charge in [-0.05, 0) is 73.8 Å². The Morgan fingerprint density at radius 3 is 2.28 bits per heavy atom. The predicted octanol–water partition coefficient (Wildman–Crippen LogP) is 1.41. The third-order valence-corrected chi connectivity index (χ3v) is 4.40. The SMILES string of the molecule is NC(=O)c1c(I)cc(I)c(OCC(=O)O)c1I.[NaH]. The summed E-state index contributed by atoms with van der Waals surface area (Å²) >= 11 is 5.95. The van der Waals surface area contributed by atoms with E-state index in [2.05, 4.69) is 0 Å².